The fraction of sp³-hybridized carbons (Fsp3) is 0.407. The molecule has 5 rings (SSSR count). The Hall–Kier alpha value is -4.75. The number of aromatic nitrogens is 5. The van der Waals surface area contributed by atoms with Crippen molar-refractivity contribution in [2.24, 2.45) is 7.05 Å². The number of halogens is 1. The zero-order valence-corrected chi connectivity index (χ0v) is 23.5. The van der Waals surface area contributed by atoms with Crippen LogP contribution < -0.4 is 10.2 Å². The number of carbonyl (C=O) groups excluding carboxylic acids is 3. The van der Waals surface area contributed by atoms with Crippen molar-refractivity contribution in [2.75, 3.05) is 36.4 Å². The van der Waals surface area contributed by atoms with Crippen molar-refractivity contribution in [1.29, 1.82) is 0 Å². The molecule has 0 spiro atoms. The summed E-state index contributed by atoms with van der Waals surface area (Å²) < 4.78 is 27.9. The number of hydrogen-bond acceptors (Lipinski definition) is 9. The lowest BCUT2D eigenvalue weighted by Gasteiger charge is -2.37. The van der Waals surface area contributed by atoms with Gasteiger partial charge in [0.2, 0.25) is 0 Å². The number of amides is 2. The van der Waals surface area contributed by atoms with E-state index in [0.717, 1.165) is 17.1 Å². The van der Waals surface area contributed by atoms with Crippen LogP contribution in [0.3, 0.4) is 0 Å². The molecule has 1 aliphatic rings. The minimum Gasteiger partial charge on any atom is -0.458 e. The van der Waals surface area contributed by atoms with E-state index in [1.165, 1.54) is 17.6 Å². The van der Waals surface area contributed by atoms with E-state index in [2.05, 4.69) is 25.4 Å². The maximum absolute atomic E-state index is 14.7. The number of piperazine rings is 1. The van der Waals surface area contributed by atoms with Crippen molar-refractivity contribution in [1.82, 2.24) is 29.3 Å². The van der Waals surface area contributed by atoms with Crippen molar-refractivity contribution < 1.29 is 28.2 Å². The Morgan fingerprint density at radius 2 is 1.80 bits per heavy atom. The first kappa shape index (κ1) is 27.8. The standard InChI is InChI=1S/C27H31FN8O5/c1-16(37)40-15-22-30-24-20(28)12-17(13-36(24)31-22)29-25(38)18-6-7-21(19-14-33(5)32-23(18)19)34-8-10-35(11-9-34)26(39)41-27(2,3)4/h6-7,12-14H,8-11,15H2,1-5H3,(H,29,38). The molecule has 4 aromatic rings. The van der Waals surface area contributed by atoms with Crippen molar-refractivity contribution in [3.8, 4) is 0 Å². The van der Waals surface area contributed by atoms with E-state index < -0.39 is 23.3 Å². The molecular weight excluding hydrogens is 535 g/mol. The molecule has 3 aromatic heterocycles. The largest absolute Gasteiger partial charge is 0.458 e. The number of rotatable bonds is 5. The topological polar surface area (TPSA) is 136 Å². The highest BCUT2D eigenvalue weighted by Crippen LogP contribution is 2.30. The first-order chi connectivity index (χ1) is 19.4. The number of nitrogens with zero attached hydrogens (tertiary/aromatic N) is 7. The molecule has 13 nitrogen and oxygen atoms in total. The van der Waals surface area contributed by atoms with Crippen LogP contribution in [0.5, 0.6) is 0 Å². The molecule has 1 N–H and O–H groups in total. The van der Waals surface area contributed by atoms with Gasteiger partial charge >= 0.3 is 12.1 Å². The van der Waals surface area contributed by atoms with Crippen molar-refractivity contribution >= 4 is 45.9 Å². The third kappa shape index (κ3) is 6.05. The Morgan fingerprint density at radius 3 is 2.49 bits per heavy atom. The predicted octanol–water partition coefficient (Wildman–Crippen LogP) is 3.13. The SMILES string of the molecule is CC(=O)OCc1nc2c(F)cc(NC(=O)c3ccc(N4CCN(C(=O)OC(C)(C)C)CC4)c4cn(C)nc34)cn2n1. The highest BCUT2D eigenvalue weighted by molar-refractivity contribution is 6.13. The van der Waals surface area contributed by atoms with Crippen LogP contribution in [-0.4, -0.2) is 79.0 Å². The smallest absolute Gasteiger partial charge is 0.410 e. The van der Waals surface area contributed by atoms with Gasteiger partial charge in [-0.15, -0.1) is 5.10 Å². The quantitative estimate of drug-likeness (QED) is 0.361. The fourth-order valence-electron chi connectivity index (χ4n) is 4.61. The molecule has 0 atom stereocenters. The molecule has 0 bridgehead atoms. The van der Waals surface area contributed by atoms with Crippen LogP contribution in [0.25, 0.3) is 16.6 Å². The van der Waals surface area contributed by atoms with Crippen LogP contribution in [-0.2, 0) is 27.9 Å². The molecule has 1 aromatic carbocycles. The molecule has 14 heteroatoms. The summed E-state index contributed by atoms with van der Waals surface area (Å²) >= 11 is 0. The molecule has 2 amide bonds. The second kappa shape index (κ2) is 10.7. The third-order valence-electron chi connectivity index (χ3n) is 6.38. The molecule has 0 unspecified atom stereocenters. The number of nitrogens with one attached hydrogen (secondary N) is 1. The number of ether oxygens (including phenoxy) is 2. The van der Waals surface area contributed by atoms with Gasteiger partial charge in [0, 0.05) is 63.5 Å². The number of hydrogen-bond donors (Lipinski definition) is 1. The maximum Gasteiger partial charge on any atom is 0.410 e. The number of carbonyl (C=O) groups is 3. The lowest BCUT2D eigenvalue weighted by Crippen LogP contribution is -2.50. The van der Waals surface area contributed by atoms with Crippen molar-refractivity contribution in [3.63, 3.8) is 0 Å². The van der Waals surface area contributed by atoms with Crippen molar-refractivity contribution in [3.05, 3.63) is 47.8 Å². The molecular formula is C27H31FN8O5. The summed E-state index contributed by atoms with van der Waals surface area (Å²) in [5, 5.41) is 12.1. The monoisotopic (exact) mass is 566 g/mol. The van der Waals surface area contributed by atoms with Crippen LogP contribution in [0.2, 0.25) is 0 Å². The van der Waals surface area contributed by atoms with Crippen LogP contribution in [0.15, 0.2) is 30.6 Å². The first-order valence-corrected chi connectivity index (χ1v) is 13.1. The minimum absolute atomic E-state index is 0.0617. The van der Waals surface area contributed by atoms with Gasteiger partial charge < -0.3 is 24.6 Å². The number of anilines is 2. The molecule has 1 saturated heterocycles. The molecule has 216 valence electrons. The summed E-state index contributed by atoms with van der Waals surface area (Å²) in [5.41, 5.74) is 1.23. The van der Waals surface area contributed by atoms with Gasteiger partial charge in [0.15, 0.2) is 23.9 Å². The summed E-state index contributed by atoms with van der Waals surface area (Å²) in [7, 11) is 1.77. The van der Waals surface area contributed by atoms with Crippen LogP contribution in [0.4, 0.5) is 20.6 Å². The molecule has 4 heterocycles. The third-order valence-corrected chi connectivity index (χ3v) is 6.38. The van der Waals surface area contributed by atoms with Gasteiger partial charge in [-0.3, -0.25) is 14.3 Å². The number of benzene rings is 1. The zero-order valence-electron chi connectivity index (χ0n) is 23.5. The minimum atomic E-state index is -0.701. The van der Waals surface area contributed by atoms with E-state index >= 15 is 0 Å². The van der Waals surface area contributed by atoms with Gasteiger partial charge in [0.25, 0.3) is 5.91 Å². The zero-order chi connectivity index (χ0) is 29.5. The Kier molecular flexibility index (Phi) is 7.24. The highest BCUT2D eigenvalue weighted by atomic mass is 19.1. The van der Waals surface area contributed by atoms with E-state index in [0.29, 0.717) is 37.3 Å². The molecule has 0 saturated carbocycles. The molecule has 0 radical (unpaired) electrons. The van der Waals surface area contributed by atoms with Gasteiger partial charge in [-0.25, -0.2) is 18.7 Å². The van der Waals surface area contributed by atoms with Gasteiger partial charge in [-0.2, -0.15) is 5.10 Å². The lowest BCUT2D eigenvalue weighted by atomic mass is 10.1. The number of aryl methyl sites for hydroxylation is 1. The molecule has 41 heavy (non-hydrogen) atoms. The Morgan fingerprint density at radius 1 is 1.07 bits per heavy atom. The van der Waals surface area contributed by atoms with Crippen molar-refractivity contribution in [2.45, 2.75) is 39.9 Å². The first-order valence-electron chi connectivity index (χ1n) is 13.1. The van der Waals surface area contributed by atoms with Crippen LogP contribution in [0.1, 0.15) is 43.9 Å². The fourth-order valence-corrected chi connectivity index (χ4v) is 4.61. The van der Waals surface area contributed by atoms with E-state index in [1.54, 1.807) is 22.7 Å². The number of esters is 1. The molecule has 0 aliphatic carbocycles. The highest BCUT2D eigenvalue weighted by Gasteiger charge is 2.27. The second-order valence-corrected chi connectivity index (χ2v) is 10.8. The van der Waals surface area contributed by atoms with Gasteiger partial charge in [-0.05, 0) is 32.9 Å². The Labute approximate surface area is 234 Å². The number of pyridine rings is 1. The Bertz CT molecular complexity index is 1650. The lowest BCUT2D eigenvalue weighted by molar-refractivity contribution is -0.142. The van der Waals surface area contributed by atoms with Gasteiger partial charge in [0.05, 0.1) is 17.4 Å². The summed E-state index contributed by atoms with van der Waals surface area (Å²) in [6, 6.07) is 4.68. The number of fused-ring (bicyclic) bond motifs is 2. The summed E-state index contributed by atoms with van der Waals surface area (Å²) in [5.74, 6) is -1.56. The predicted molar refractivity (Wildman–Crippen MR) is 147 cm³/mol. The van der Waals surface area contributed by atoms with E-state index in [4.69, 9.17) is 9.47 Å². The van der Waals surface area contributed by atoms with Gasteiger partial charge in [0.1, 0.15) is 11.1 Å². The van der Waals surface area contributed by atoms with E-state index in [1.807, 2.05) is 33.0 Å². The summed E-state index contributed by atoms with van der Waals surface area (Å²) in [4.78, 5) is 44.7. The van der Waals surface area contributed by atoms with E-state index in [-0.39, 0.29) is 29.9 Å². The Balaban J connectivity index is 1.34. The maximum atomic E-state index is 14.7. The normalized spacial score (nSPS) is 14.0. The second-order valence-electron chi connectivity index (χ2n) is 10.8. The average molecular weight is 567 g/mol. The molecule has 1 aliphatic heterocycles. The summed E-state index contributed by atoms with van der Waals surface area (Å²) in [6.45, 7) is 8.74. The van der Waals surface area contributed by atoms with Crippen LogP contribution >= 0.6 is 0 Å². The van der Waals surface area contributed by atoms with E-state index in [9.17, 15) is 18.8 Å². The average Bonchev–Trinajstić information content (AvgIpc) is 3.49. The molecule has 1 fully saturated rings. The van der Waals surface area contributed by atoms with Gasteiger partial charge in [-0.1, -0.05) is 0 Å². The summed E-state index contributed by atoms with van der Waals surface area (Å²) in [6.07, 6.45) is 2.93. The van der Waals surface area contributed by atoms with Crippen LogP contribution in [0, 0.1) is 5.82 Å².